The molecule has 3 heterocycles. The van der Waals surface area contributed by atoms with Gasteiger partial charge < -0.3 is 9.64 Å². The van der Waals surface area contributed by atoms with E-state index in [-0.39, 0.29) is 4.90 Å². The zero-order valence-electron chi connectivity index (χ0n) is 18.5. The van der Waals surface area contributed by atoms with E-state index in [1.807, 2.05) is 12.1 Å². The summed E-state index contributed by atoms with van der Waals surface area (Å²) in [6.45, 7) is 5.50. The van der Waals surface area contributed by atoms with Gasteiger partial charge in [-0.05, 0) is 44.4 Å². The average Bonchev–Trinajstić information content (AvgIpc) is 3.27. The van der Waals surface area contributed by atoms with Crippen molar-refractivity contribution in [2.75, 3.05) is 38.2 Å². The van der Waals surface area contributed by atoms with Gasteiger partial charge in [-0.2, -0.15) is 4.31 Å². The van der Waals surface area contributed by atoms with Crippen LogP contribution in [0.3, 0.4) is 0 Å². The molecular formula is C22H27N5O3S2. The van der Waals surface area contributed by atoms with Crippen molar-refractivity contribution in [2.24, 2.45) is 0 Å². The topological polar surface area (TPSA) is 88.5 Å². The molecule has 1 aromatic carbocycles. The molecule has 1 aliphatic heterocycles. The number of sulfonamides is 1. The maximum absolute atomic E-state index is 13.0. The molecule has 1 aliphatic rings. The number of rotatable bonds is 7. The van der Waals surface area contributed by atoms with Gasteiger partial charge in [0.1, 0.15) is 16.5 Å². The smallest absolute Gasteiger partial charge is 0.246 e. The highest BCUT2D eigenvalue weighted by Gasteiger charge is 2.31. The Labute approximate surface area is 193 Å². The quantitative estimate of drug-likeness (QED) is 0.521. The first kappa shape index (κ1) is 22.6. The van der Waals surface area contributed by atoms with Crippen molar-refractivity contribution in [1.82, 2.24) is 19.3 Å². The SMILES string of the molecule is COc1ccc(CCc2csc(N3CCN(S(=O)(=O)c4cnc(C)nc4C)CC3)n2)cc1. The number of ether oxygens (including phenoxy) is 1. The fourth-order valence-corrected chi connectivity index (χ4v) is 6.15. The molecule has 8 nitrogen and oxygen atoms in total. The van der Waals surface area contributed by atoms with Gasteiger partial charge in [-0.15, -0.1) is 11.3 Å². The number of aromatic nitrogens is 3. The van der Waals surface area contributed by atoms with Crippen LogP contribution in [0.15, 0.2) is 40.7 Å². The Morgan fingerprint density at radius 2 is 1.75 bits per heavy atom. The minimum Gasteiger partial charge on any atom is -0.497 e. The molecular weight excluding hydrogens is 446 g/mol. The number of thiazole rings is 1. The lowest BCUT2D eigenvalue weighted by atomic mass is 10.1. The lowest BCUT2D eigenvalue weighted by Gasteiger charge is -2.33. The number of anilines is 1. The molecule has 32 heavy (non-hydrogen) atoms. The molecule has 0 aliphatic carbocycles. The second kappa shape index (κ2) is 9.51. The summed E-state index contributed by atoms with van der Waals surface area (Å²) in [7, 11) is -1.93. The van der Waals surface area contributed by atoms with E-state index in [0.717, 1.165) is 29.4 Å². The van der Waals surface area contributed by atoms with Gasteiger partial charge in [-0.25, -0.2) is 23.4 Å². The first-order chi connectivity index (χ1) is 15.4. The number of hydrogen-bond acceptors (Lipinski definition) is 8. The maximum Gasteiger partial charge on any atom is 0.246 e. The van der Waals surface area contributed by atoms with Gasteiger partial charge in [-0.1, -0.05) is 12.1 Å². The van der Waals surface area contributed by atoms with Crippen LogP contribution in [0.1, 0.15) is 22.8 Å². The third kappa shape index (κ3) is 4.92. The third-order valence-corrected chi connectivity index (χ3v) is 8.50. The van der Waals surface area contributed by atoms with Gasteiger partial charge in [0.05, 0.1) is 24.7 Å². The van der Waals surface area contributed by atoms with E-state index in [0.29, 0.717) is 37.7 Å². The first-order valence-electron chi connectivity index (χ1n) is 10.5. The van der Waals surface area contributed by atoms with Gasteiger partial charge in [0.25, 0.3) is 0 Å². The van der Waals surface area contributed by atoms with Gasteiger partial charge in [0.15, 0.2) is 5.13 Å². The highest BCUT2D eigenvalue weighted by Crippen LogP contribution is 2.25. The summed E-state index contributed by atoms with van der Waals surface area (Å²) in [5, 5.41) is 3.04. The monoisotopic (exact) mass is 473 g/mol. The van der Waals surface area contributed by atoms with Gasteiger partial charge in [0, 0.05) is 31.6 Å². The number of methoxy groups -OCH3 is 1. The van der Waals surface area contributed by atoms with Crippen molar-refractivity contribution >= 4 is 26.5 Å². The van der Waals surface area contributed by atoms with Crippen LogP contribution in [-0.4, -0.2) is 61.0 Å². The predicted molar refractivity (Wildman–Crippen MR) is 125 cm³/mol. The summed E-state index contributed by atoms with van der Waals surface area (Å²) in [6.07, 6.45) is 3.19. The molecule has 0 unspecified atom stereocenters. The Bertz CT molecular complexity index is 1170. The normalized spacial score (nSPS) is 15.2. The van der Waals surface area contributed by atoms with E-state index in [9.17, 15) is 8.42 Å². The maximum atomic E-state index is 13.0. The van der Waals surface area contributed by atoms with E-state index >= 15 is 0 Å². The van der Waals surface area contributed by atoms with E-state index in [2.05, 4.69) is 32.4 Å². The van der Waals surface area contributed by atoms with E-state index in [1.165, 1.54) is 16.1 Å². The number of aryl methyl sites for hydroxylation is 4. The molecule has 1 saturated heterocycles. The Morgan fingerprint density at radius 3 is 2.41 bits per heavy atom. The molecule has 170 valence electrons. The second-order valence-corrected chi connectivity index (χ2v) is 10.5. The molecule has 0 N–H and O–H groups in total. The summed E-state index contributed by atoms with van der Waals surface area (Å²) < 4.78 is 32.8. The lowest BCUT2D eigenvalue weighted by Crippen LogP contribution is -2.48. The minimum atomic E-state index is -3.60. The van der Waals surface area contributed by atoms with E-state index in [4.69, 9.17) is 9.72 Å². The molecule has 0 radical (unpaired) electrons. The van der Waals surface area contributed by atoms with Crippen LogP contribution in [0.4, 0.5) is 5.13 Å². The van der Waals surface area contributed by atoms with Crippen LogP contribution in [0.5, 0.6) is 5.75 Å². The number of hydrogen-bond donors (Lipinski definition) is 0. The van der Waals surface area contributed by atoms with Crippen molar-refractivity contribution in [3.05, 3.63) is 58.6 Å². The van der Waals surface area contributed by atoms with Crippen LogP contribution < -0.4 is 9.64 Å². The van der Waals surface area contributed by atoms with Gasteiger partial charge in [-0.3, -0.25) is 0 Å². The summed E-state index contributed by atoms with van der Waals surface area (Å²) in [4.78, 5) is 15.4. The van der Waals surface area contributed by atoms with Crippen LogP contribution in [0.25, 0.3) is 0 Å². The molecule has 4 rings (SSSR count). The standard InChI is InChI=1S/C22H27N5O3S2/c1-16-21(14-23-17(2)24-16)32(28,29)27-12-10-26(11-13-27)22-25-19(15-31-22)7-4-18-5-8-20(30-3)9-6-18/h5-6,8-9,14-15H,4,7,10-13H2,1-3H3. The minimum absolute atomic E-state index is 0.187. The number of benzene rings is 1. The van der Waals surface area contributed by atoms with Crippen molar-refractivity contribution in [1.29, 1.82) is 0 Å². The van der Waals surface area contributed by atoms with Gasteiger partial charge >= 0.3 is 0 Å². The van der Waals surface area contributed by atoms with Crippen molar-refractivity contribution in [3.8, 4) is 5.75 Å². The Hall–Kier alpha value is -2.56. The highest BCUT2D eigenvalue weighted by atomic mass is 32.2. The van der Waals surface area contributed by atoms with Crippen LogP contribution >= 0.6 is 11.3 Å². The third-order valence-electron chi connectivity index (χ3n) is 5.55. The summed E-state index contributed by atoms with van der Waals surface area (Å²) in [5.41, 5.74) is 2.79. The molecule has 0 amide bonds. The first-order valence-corrected chi connectivity index (χ1v) is 12.8. The summed E-state index contributed by atoms with van der Waals surface area (Å²) in [6, 6.07) is 8.10. The molecule has 2 aromatic heterocycles. The van der Waals surface area contributed by atoms with E-state index in [1.54, 1.807) is 32.3 Å². The average molecular weight is 474 g/mol. The predicted octanol–water partition coefficient (Wildman–Crippen LogP) is 2.85. The summed E-state index contributed by atoms with van der Waals surface area (Å²) in [5.74, 6) is 1.42. The number of piperazine rings is 1. The fourth-order valence-electron chi connectivity index (χ4n) is 3.71. The molecule has 1 fully saturated rings. The zero-order valence-corrected chi connectivity index (χ0v) is 20.1. The van der Waals surface area contributed by atoms with Crippen LogP contribution in [0.2, 0.25) is 0 Å². The van der Waals surface area contributed by atoms with E-state index < -0.39 is 10.0 Å². The number of nitrogens with zero attached hydrogens (tertiary/aromatic N) is 5. The second-order valence-electron chi connectivity index (χ2n) is 7.73. The molecule has 10 heteroatoms. The lowest BCUT2D eigenvalue weighted by molar-refractivity contribution is 0.384. The highest BCUT2D eigenvalue weighted by molar-refractivity contribution is 7.89. The zero-order chi connectivity index (χ0) is 22.7. The largest absolute Gasteiger partial charge is 0.497 e. The molecule has 0 atom stereocenters. The van der Waals surface area contributed by atoms with Gasteiger partial charge in [0.2, 0.25) is 10.0 Å². The molecule has 0 saturated carbocycles. The van der Waals surface area contributed by atoms with Crippen molar-refractivity contribution < 1.29 is 13.2 Å². The van der Waals surface area contributed by atoms with Crippen molar-refractivity contribution in [2.45, 2.75) is 31.6 Å². The summed E-state index contributed by atoms with van der Waals surface area (Å²) >= 11 is 1.61. The van der Waals surface area contributed by atoms with Crippen molar-refractivity contribution in [3.63, 3.8) is 0 Å². The van der Waals surface area contributed by atoms with Crippen LogP contribution in [-0.2, 0) is 22.9 Å². The molecule has 3 aromatic rings. The Morgan fingerprint density at radius 1 is 1.03 bits per heavy atom. The Kier molecular flexibility index (Phi) is 6.73. The molecule has 0 bridgehead atoms. The van der Waals surface area contributed by atoms with Crippen LogP contribution in [0, 0.1) is 13.8 Å². The molecule has 0 spiro atoms. The Balaban J connectivity index is 1.34. The fraction of sp³-hybridized carbons (Fsp3) is 0.409.